The van der Waals surface area contributed by atoms with Crippen LogP contribution >= 0.6 is 0 Å². The highest BCUT2D eigenvalue weighted by Gasteiger charge is 2.37. The summed E-state index contributed by atoms with van der Waals surface area (Å²) in [5.74, 6) is -0.706. The van der Waals surface area contributed by atoms with E-state index in [1.165, 1.54) is 17.0 Å². The quantitative estimate of drug-likeness (QED) is 0.691. The van der Waals surface area contributed by atoms with E-state index in [-0.39, 0.29) is 23.5 Å². The summed E-state index contributed by atoms with van der Waals surface area (Å²) in [6, 6.07) is 4.74. The molecule has 2 rings (SSSR count). The monoisotopic (exact) mass is 382 g/mol. The van der Waals surface area contributed by atoms with Crippen molar-refractivity contribution in [2.45, 2.75) is 46.3 Å². The van der Waals surface area contributed by atoms with Crippen molar-refractivity contribution in [2.75, 3.05) is 13.2 Å². The lowest BCUT2D eigenvalue weighted by Crippen LogP contribution is -2.48. The smallest absolute Gasteiger partial charge is 0.387 e. The van der Waals surface area contributed by atoms with Crippen LogP contribution in [0.2, 0.25) is 0 Å². The molecule has 0 aliphatic carbocycles. The molecule has 27 heavy (non-hydrogen) atoms. The molecule has 0 saturated carbocycles. The molecule has 0 aromatic heterocycles. The van der Waals surface area contributed by atoms with Gasteiger partial charge in [-0.25, -0.2) is 9.59 Å². The van der Waals surface area contributed by atoms with E-state index in [0.717, 1.165) is 12.8 Å². The first-order valence-electron chi connectivity index (χ1n) is 8.90. The van der Waals surface area contributed by atoms with Crippen LogP contribution in [0.15, 0.2) is 35.5 Å². The first kappa shape index (κ1) is 20.7. The second-order valence-electron chi connectivity index (χ2n) is 6.02. The molecule has 0 fully saturated rings. The average Bonchev–Trinajstić information content (AvgIpc) is 2.61. The fourth-order valence-electron chi connectivity index (χ4n) is 3.00. The molecule has 2 amide bonds. The maximum atomic E-state index is 12.8. The third-order valence-electron chi connectivity index (χ3n) is 4.27. The molecule has 0 unspecified atom stereocenters. The highest BCUT2D eigenvalue weighted by Crippen LogP contribution is 2.36. The van der Waals surface area contributed by atoms with Gasteiger partial charge in [0.25, 0.3) is 0 Å². The van der Waals surface area contributed by atoms with Gasteiger partial charge in [-0.15, -0.1) is 0 Å². The molecule has 6 nitrogen and oxygen atoms in total. The standard InChI is InChI=1S/C19H24F2N2O4/c1-4-6-11-23-12(3)15(17(24)26-5-2)16(22-19(23)25)13-9-7-8-10-14(13)27-18(20)21/h7-10,16,18H,4-6,11H2,1-3H3,(H,22,25)/t16-/m0/s1. The average molecular weight is 382 g/mol. The molecule has 0 spiro atoms. The summed E-state index contributed by atoms with van der Waals surface area (Å²) in [4.78, 5) is 26.7. The Labute approximate surface area is 157 Å². The Morgan fingerprint density at radius 2 is 2.00 bits per heavy atom. The van der Waals surface area contributed by atoms with Gasteiger partial charge < -0.3 is 14.8 Å². The van der Waals surface area contributed by atoms with Crippen molar-refractivity contribution in [3.8, 4) is 5.75 Å². The molecule has 0 bridgehead atoms. The number of amides is 2. The van der Waals surface area contributed by atoms with E-state index >= 15 is 0 Å². The van der Waals surface area contributed by atoms with Gasteiger partial charge in [0.1, 0.15) is 5.75 Å². The Balaban J connectivity index is 2.53. The predicted molar refractivity (Wildman–Crippen MR) is 95.3 cm³/mol. The summed E-state index contributed by atoms with van der Waals surface area (Å²) in [5.41, 5.74) is 0.920. The SMILES string of the molecule is CCCCN1C(=O)N[C@@H](c2ccccc2OC(F)F)C(C(=O)OCC)=C1C. The summed E-state index contributed by atoms with van der Waals surface area (Å²) in [7, 11) is 0. The molecule has 1 aromatic carbocycles. The highest BCUT2D eigenvalue weighted by molar-refractivity contribution is 5.95. The van der Waals surface area contributed by atoms with Crippen LogP contribution < -0.4 is 10.1 Å². The second kappa shape index (κ2) is 9.34. The summed E-state index contributed by atoms with van der Waals surface area (Å²) >= 11 is 0. The molecule has 1 aromatic rings. The topological polar surface area (TPSA) is 67.9 Å². The zero-order chi connectivity index (χ0) is 20.0. The lowest BCUT2D eigenvalue weighted by Gasteiger charge is -2.35. The number of para-hydroxylation sites is 1. The van der Waals surface area contributed by atoms with E-state index < -0.39 is 24.7 Å². The number of esters is 1. The van der Waals surface area contributed by atoms with Crippen LogP contribution in [-0.4, -0.2) is 36.7 Å². The summed E-state index contributed by atoms with van der Waals surface area (Å²) in [6.07, 6.45) is 1.64. The summed E-state index contributed by atoms with van der Waals surface area (Å²) in [6.45, 7) is 2.90. The molecule has 0 saturated heterocycles. The van der Waals surface area contributed by atoms with E-state index in [1.807, 2.05) is 6.92 Å². The van der Waals surface area contributed by atoms with E-state index in [0.29, 0.717) is 12.2 Å². The van der Waals surface area contributed by atoms with Crippen molar-refractivity contribution in [1.82, 2.24) is 10.2 Å². The number of hydrogen-bond donors (Lipinski definition) is 1. The Morgan fingerprint density at radius 3 is 2.63 bits per heavy atom. The molecule has 1 atom stereocenters. The van der Waals surface area contributed by atoms with Crippen LogP contribution in [0.25, 0.3) is 0 Å². The minimum atomic E-state index is -3.03. The van der Waals surface area contributed by atoms with Gasteiger partial charge in [-0.05, 0) is 26.3 Å². The Morgan fingerprint density at radius 1 is 1.30 bits per heavy atom. The van der Waals surface area contributed by atoms with Crippen molar-refractivity contribution in [3.05, 3.63) is 41.1 Å². The van der Waals surface area contributed by atoms with Crippen LogP contribution in [0.5, 0.6) is 5.75 Å². The van der Waals surface area contributed by atoms with E-state index in [1.54, 1.807) is 26.0 Å². The zero-order valence-corrected chi connectivity index (χ0v) is 15.6. The fourth-order valence-corrected chi connectivity index (χ4v) is 3.00. The van der Waals surface area contributed by atoms with Crippen molar-refractivity contribution in [1.29, 1.82) is 0 Å². The van der Waals surface area contributed by atoms with E-state index in [4.69, 9.17) is 4.74 Å². The van der Waals surface area contributed by atoms with Crippen LogP contribution in [0.1, 0.15) is 45.2 Å². The molecule has 0 radical (unpaired) electrons. The minimum Gasteiger partial charge on any atom is -0.463 e. The number of carbonyl (C=O) groups is 2. The fraction of sp³-hybridized carbons (Fsp3) is 0.474. The van der Waals surface area contributed by atoms with Crippen LogP contribution in [-0.2, 0) is 9.53 Å². The van der Waals surface area contributed by atoms with Gasteiger partial charge in [0.2, 0.25) is 0 Å². The number of allylic oxidation sites excluding steroid dienone is 1. The summed E-state index contributed by atoms with van der Waals surface area (Å²) in [5, 5.41) is 2.73. The Bertz CT molecular complexity index is 721. The zero-order valence-electron chi connectivity index (χ0n) is 15.6. The second-order valence-corrected chi connectivity index (χ2v) is 6.02. The molecule has 1 aliphatic heterocycles. The number of nitrogens with zero attached hydrogens (tertiary/aromatic N) is 1. The molecular formula is C19H24F2N2O4. The molecule has 1 heterocycles. The molecule has 148 valence electrons. The number of hydrogen-bond acceptors (Lipinski definition) is 4. The first-order chi connectivity index (χ1) is 12.9. The lowest BCUT2D eigenvalue weighted by molar-refractivity contribution is -0.139. The maximum absolute atomic E-state index is 12.8. The molecule has 1 N–H and O–H groups in total. The van der Waals surface area contributed by atoms with E-state index in [2.05, 4.69) is 10.1 Å². The molecule has 1 aliphatic rings. The van der Waals surface area contributed by atoms with Crippen LogP contribution in [0, 0.1) is 0 Å². The van der Waals surface area contributed by atoms with Crippen LogP contribution in [0.3, 0.4) is 0 Å². The van der Waals surface area contributed by atoms with Gasteiger partial charge in [0.15, 0.2) is 0 Å². The van der Waals surface area contributed by atoms with Gasteiger partial charge in [-0.1, -0.05) is 31.5 Å². The number of halogens is 2. The molecular weight excluding hydrogens is 358 g/mol. The summed E-state index contributed by atoms with van der Waals surface area (Å²) < 4.78 is 35.3. The van der Waals surface area contributed by atoms with Gasteiger partial charge in [-0.3, -0.25) is 4.90 Å². The van der Waals surface area contributed by atoms with Gasteiger partial charge in [-0.2, -0.15) is 8.78 Å². The number of benzene rings is 1. The number of alkyl halides is 2. The normalized spacial score (nSPS) is 17.2. The van der Waals surface area contributed by atoms with Crippen LogP contribution in [0.4, 0.5) is 13.6 Å². The van der Waals surface area contributed by atoms with Crippen molar-refractivity contribution >= 4 is 12.0 Å². The van der Waals surface area contributed by atoms with Gasteiger partial charge in [0.05, 0.1) is 18.2 Å². The predicted octanol–water partition coefficient (Wildman–Crippen LogP) is 3.99. The molecule has 8 heteroatoms. The minimum absolute atomic E-state index is 0.102. The number of nitrogens with one attached hydrogen (secondary N) is 1. The largest absolute Gasteiger partial charge is 0.463 e. The lowest BCUT2D eigenvalue weighted by atomic mass is 9.94. The number of carbonyl (C=O) groups excluding carboxylic acids is 2. The Hall–Kier alpha value is -2.64. The Kier molecular flexibility index (Phi) is 7.15. The van der Waals surface area contributed by atoms with Crippen molar-refractivity contribution in [2.24, 2.45) is 0 Å². The third kappa shape index (κ3) is 4.75. The first-order valence-corrected chi connectivity index (χ1v) is 8.90. The number of unbranched alkanes of at least 4 members (excludes halogenated alkanes) is 1. The van der Waals surface area contributed by atoms with Crippen molar-refractivity contribution < 1.29 is 27.8 Å². The third-order valence-corrected chi connectivity index (χ3v) is 4.27. The maximum Gasteiger partial charge on any atom is 0.387 e. The number of ether oxygens (including phenoxy) is 2. The number of rotatable bonds is 8. The van der Waals surface area contributed by atoms with E-state index in [9.17, 15) is 18.4 Å². The van der Waals surface area contributed by atoms with Crippen molar-refractivity contribution in [3.63, 3.8) is 0 Å². The van der Waals surface area contributed by atoms with Gasteiger partial charge >= 0.3 is 18.6 Å². The van der Waals surface area contributed by atoms with Gasteiger partial charge in [0, 0.05) is 17.8 Å². The highest BCUT2D eigenvalue weighted by atomic mass is 19.3. The number of urea groups is 1.